The summed E-state index contributed by atoms with van der Waals surface area (Å²) >= 11 is 21.1. The van der Waals surface area contributed by atoms with E-state index in [1.165, 1.54) is 7.11 Å². The van der Waals surface area contributed by atoms with E-state index in [9.17, 15) is 0 Å². The van der Waals surface area contributed by atoms with Crippen LogP contribution < -0.4 is 9.83 Å². The molecule has 0 saturated heterocycles. The Morgan fingerprint density at radius 1 is 1.15 bits per heavy atom. The molecule has 0 saturated carbocycles. The summed E-state index contributed by atoms with van der Waals surface area (Å²) in [5.74, 6) is 0.403. The van der Waals surface area contributed by atoms with E-state index in [2.05, 4.69) is 15.9 Å². The highest BCUT2D eigenvalue weighted by Gasteiger charge is 2.24. The van der Waals surface area contributed by atoms with Crippen LogP contribution in [0.25, 0.3) is 0 Å². The van der Waals surface area contributed by atoms with Gasteiger partial charge in [-0.2, -0.15) is 0 Å². The molecule has 0 N–H and O–H groups in total. The molecule has 0 aliphatic rings. The van der Waals surface area contributed by atoms with Crippen LogP contribution in [-0.2, 0) is 16.3 Å². The first-order valence-electron chi connectivity index (χ1n) is 5.52. The molecule has 1 unspecified atom stereocenters. The second-order valence-electron chi connectivity index (χ2n) is 3.81. The second-order valence-corrected chi connectivity index (χ2v) is 8.98. The molecule has 0 fully saturated rings. The van der Waals surface area contributed by atoms with Gasteiger partial charge in [-0.05, 0) is 45.9 Å². The summed E-state index contributed by atoms with van der Waals surface area (Å²) in [5.41, 5.74) is 0. The molecule has 0 bridgehead atoms. The molecule has 20 heavy (non-hydrogen) atoms. The van der Waals surface area contributed by atoms with Gasteiger partial charge in [-0.25, -0.2) is 0 Å². The molecule has 0 aliphatic heterocycles. The van der Waals surface area contributed by atoms with Crippen LogP contribution in [0, 0.1) is 0 Å². The quantitative estimate of drug-likeness (QED) is 0.494. The van der Waals surface area contributed by atoms with Gasteiger partial charge >= 0.3 is 0 Å². The van der Waals surface area contributed by atoms with E-state index >= 15 is 0 Å². The third kappa shape index (κ3) is 3.56. The van der Waals surface area contributed by atoms with Gasteiger partial charge in [-0.1, -0.05) is 41.4 Å². The fraction of sp³-hybridized carbons (Fsp3) is 0.0769. The molecule has 106 valence electrons. The maximum absolute atomic E-state index is 6.20. The lowest BCUT2D eigenvalue weighted by Gasteiger charge is -2.22. The summed E-state index contributed by atoms with van der Waals surface area (Å²) < 4.78 is 12.0. The highest BCUT2D eigenvalue weighted by atomic mass is 79.9. The predicted molar refractivity (Wildman–Crippen MR) is 92.2 cm³/mol. The third-order valence-corrected chi connectivity index (χ3v) is 7.10. The zero-order valence-electron chi connectivity index (χ0n) is 10.3. The van der Waals surface area contributed by atoms with E-state index in [-0.39, 0.29) is 0 Å². The molecule has 2 aromatic carbocycles. The van der Waals surface area contributed by atoms with Crippen molar-refractivity contribution in [2.75, 3.05) is 7.11 Å². The van der Waals surface area contributed by atoms with Gasteiger partial charge in [-0.15, -0.1) is 0 Å². The number of hydrogen-bond donors (Lipinski definition) is 0. The number of rotatable bonds is 4. The minimum Gasteiger partial charge on any atom is -0.438 e. The lowest BCUT2D eigenvalue weighted by molar-refractivity contribution is 0.402. The topological polar surface area (TPSA) is 18.5 Å². The Hall–Kier alpha value is -0.0900. The van der Waals surface area contributed by atoms with E-state index in [1.807, 2.05) is 30.3 Å². The Labute approximate surface area is 141 Å². The van der Waals surface area contributed by atoms with Crippen molar-refractivity contribution in [2.45, 2.75) is 0 Å². The lowest BCUT2D eigenvalue weighted by atomic mass is 10.3. The summed E-state index contributed by atoms with van der Waals surface area (Å²) in [7, 11) is 1.53. The Morgan fingerprint density at radius 3 is 2.40 bits per heavy atom. The molecule has 1 atom stereocenters. The van der Waals surface area contributed by atoms with Gasteiger partial charge in [0, 0.05) is 28.0 Å². The molecule has 0 amide bonds. The predicted octanol–water partition coefficient (Wildman–Crippen LogP) is 5.42. The summed E-state index contributed by atoms with van der Waals surface area (Å²) in [6.45, 7) is -2.67. The molecule has 0 spiro atoms. The van der Waals surface area contributed by atoms with Gasteiger partial charge in [0.25, 0.3) is 6.49 Å². The molecule has 0 radical (unpaired) electrons. The Morgan fingerprint density at radius 2 is 1.80 bits per heavy atom. The molecule has 0 aliphatic carbocycles. The first-order chi connectivity index (χ1) is 9.46. The summed E-state index contributed by atoms with van der Waals surface area (Å²) in [5, 5.41) is 1.73. The normalized spacial score (nSPS) is 13.8. The van der Waals surface area contributed by atoms with Crippen LogP contribution in [0.5, 0.6) is 5.75 Å². The zero-order chi connectivity index (χ0) is 14.8. The molecule has 2 aromatic rings. The number of hydrogen-bond acceptors (Lipinski definition) is 3. The summed E-state index contributed by atoms with van der Waals surface area (Å²) in [6.07, 6.45) is 0. The second kappa shape index (κ2) is 6.78. The largest absolute Gasteiger partial charge is 0.438 e. The van der Waals surface area contributed by atoms with Gasteiger partial charge in [0.05, 0.1) is 5.02 Å². The van der Waals surface area contributed by atoms with Gasteiger partial charge in [0.2, 0.25) is 0 Å². The fourth-order valence-electron chi connectivity index (χ4n) is 1.53. The van der Waals surface area contributed by atoms with E-state index < -0.39 is 6.49 Å². The Bertz CT molecular complexity index is 667. The number of halogens is 3. The molecule has 2 nitrogen and oxygen atoms in total. The van der Waals surface area contributed by atoms with Crippen LogP contribution in [0.3, 0.4) is 0 Å². The molecule has 0 aromatic heterocycles. The highest BCUT2D eigenvalue weighted by molar-refractivity contribution is 9.10. The van der Waals surface area contributed by atoms with E-state index in [4.69, 9.17) is 44.1 Å². The summed E-state index contributed by atoms with van der Waals surface area (Å²) in [6, 6.07) is 12.7. The van der Waals surface area contributed by atoms with Crippen molar-refractivity contribution < 1.29 is 9.05 Å². The van der Waals surface area contributed by atoms with Crippen LogP contribution in [-0.4, -0.2) is 7.11 Å². The van der Waals surface area contributed by atoms with E-state index in [0.29, 0.717) is 20.3 Å². The van der Waals surface area contributed by atoms with Crippen molar-refractivity contribution in [1.82, 2.24) is 0 Å². The van der Waals surface area contributed by atoms with Crippen molar-refractivity contribution in [3.63, 3.8) is 0 Å². The SMILES string of the molecule is COP(=S)(Oc1cc(Cl)cc(Br)c1Cl)c1ccccc1. The summed E-state index contributed by atoms with van der Waals surface area (Å²) in [4.78, 5) is 0. The van der Waals surface area contributed by atoms with Crippen molar-refractivity contribution in [3.05, 3.63) is 57.0 Å². The molecular weight excluding hydrogens is 402 g/mol. The minimum atomic E-state index is -2.67. The van der Waals surface area contributed by atoms with Crippen molar-refractivity contribution in [2.24, 2.45) is 0 Å². The Kier molecular flexibility index (Phi) is 5.52. The van der Waals surface area contributed by atoms with Crippen molar-refractivity contribution in [1.29, 1.82) is 0 Å². The monoisotopic (exact) mass is 410 g/mol. The van der Waals surface area contributed by atoms with Crippen LogP contribution in [0.2, 0.25) is 10.0 Å². The first kappa shape index (κ1) is 16.3. The maximum atomic E-state index is 6.20. The third-order valence-electron chi connectivity index (χ3n) is 2.49. The van der Waals surface area contributed by atoms with Crippen LogP contribution in [0.15, 0.2) is 46.9 Å². The van der Waals surface area contributed by atoms with Crippen molar-refractivity contribution in [3.8, 4) is 5.75 Å². The van der Waals surface area contributed by atoms with Gasteiger partial charge in [-0.3, -0.25) is 0 Å². The number of benzene rings is 2. The average molecular weight is 412 g/mol. The van der Waals surface area contributed by atoms with E-state index in [0.717, 1.165) is 5.30 Å². The molecule has 7 heteroatoms. The smallest absolute Gasteiger partial charge is 0.268 e. The molecule has 0 heterocycles. The highest BCUT2D eigenvalue weighted by Crippen LogP contribution is 2.50. The van der Waals surface area contributed by atoms with Crippen LogP contribution in [0.1, 0.15) is 0 Å². The van der Waals surface area contributed by atoms with Crippen LogP contribution in [0.4, 0.5) is 0 Å². The standard InChI is InChI=1S/C13H10BrCl2O2PS/c1-17-19(20,10-5-3-2-4-6-10)18-12-8-9(15)7-11(14)13(12)16/h2-8H,1H3. The van der Waals surface area contributed by atoms with E-state index in [1.54, 1.807) is 12.1 Å². The maximum Gasteiger partial charge on any atom is 0.268 e. The Balaban J connectivity index is 2.44. The fourth-order valence-corrected chi connectivity index (χ4v) is 4.45. The van der Waals surface area contributed by atoms with Gasteiger partial charge < -0.3 is 9.05 Å². The minimum absolute atomic E-state index is 0.403. The average Bonchev–Trinajstić information content (AvgIpc) is 2.45. The van der Waals surface area contributed by atoms with Gasteiger partial charge in [0.1, 0.15) is 5.75 Å². The first-order valence-corrected chi connectivity index (χ1v) is 9.70. The van der Waals surface area contributed by atoms with Crippen LogP contribution >= 0.6 is 45.6 Å². The van der Waals surface area contributed by atoms with Crippen molar-refractivity contribution >= 4 is 62.7 Å². The lowest BCUT2D eigenvalue weighted by Crippen LogP contribution is -2.10. The van der Waals surface area contributed by atoms with Gasteiger partial charge in [0.15, 0.2) is 0 Å². The zero-order valence-corrected chi connectivity index (χ0v) is 15.2. The molecular formula is C13H10BrCl2O2PS. The molecule has 2 rings (SSSR count).